The minimum absolute atomic E-state index is 0. The van der Waals surface area contributed by atoms with Crippen molar-refractivity contribution in [2.75, 3.05) is 39.1 Å². The highest BCUT2D eigenvalue weighted by molar-refractivity contribution is 14.0. The zero-order valence-corrected chi connectivity index (χ0v) is 20.3. The predicted octanol–water partition coefficient (Wildman–Crippen LogP) is 3.23. The molecule has 2 aromatic rings. The maximum Gasteiger partial charge on any atom is 0.191 e. The Bertz CT molecular complexity index is 807. The van der Waals surface area contributed by atoms with Crippen LogP contribution >= 0.6 is 24.0 Å². The second-order valence-electron chi connectivity index (χ2n) is 7.68. The number of anilines is 1. The van der Waals surface area contributed by atoms with E-state index in [2.05, 4.69) is 31.6 Å². The summed E-state index contributed by atoms with van der Waals surface area (Å²) in [5.41, 5.74) is 1.75. The Morgan fingerprint density at radius 3 is 2.63 bits per heavy atom. The van der Waals surface area contributed by atoms with Crippen LogP contribution in [-0.2, 0) is 13.1 Å². The van der Waals surface area contributed by atoms with Crippen LogP contribution in [0.15, 0.2) is 47.6 Å². The summed E-state index contributed by atoms with van der Waals surface area (Å²) in [6.45, 7) is 3.13. The van der Waals surface area contributed by atoms with Gasteiger partial charge in [0.05, 0.1) is 0 Å². The number of rotatable bonds is 6. The lowest BCUT2D eigenvalue weighted by Gasteiger charge is -2.33. The highest BCUT2D eigenvalue weighted by atomic mass is 127. The number of hydrogen-bond acceptors (Lipinski definition) is 4. The molecule has 0 bridgehead atoms. The van der Waals surface area contributed by atoms with Crippen molar-refractivity contribution < 1.29 is 4.39 Å². The van der Waals surface area contributed by atoms with E-state index in [-0.39, 0.29) is 29.8 Å². The Balaban J connectivity index is 0.00000320. The molecule has 1 aromatic carbocycles. The zero-order chi connectivity index (χ0) is 20.6. The van der Waals surface area contributed by atoms with Gasteiger partial charge in [-0.3, -0.25) is 4.99 Å². The molecule has 2 heterocycles. The van der Waals surface area contributed by atoms with Gasteiger partial charge in [-0.2, -0.15) is 0 Å². The molecule has 1 aromatic heterocycles. The number of aromatic nitrogens is 1. The van der Waals surface area contributed by atoms with Crippen molar-refractivity contribution in [3.63, 3.8) is 0 Å². The molecule has 164 valence electrons. The molecule has 0 aliphatic carbocycles. The Kier molecular flexibility index (Phi) is 9.77. The van der Waals surface area contributed by atoms with Gasteiger partial charge < -0.3 is 20.4 Å². The normalized spacial score (nSPS) is 15.1. The van der Waals surface area contributed by atoms with E-state index in [0.29, 0.717) is 24.7 Å². The van der Waals surface area contributed by atoms with E-state index < -0.39 is 0 Å². The molecule has 3 rings (SSSR count). The Morgan fingerprint density at radius 1 is 1.23 bits per heavy atom. The highest BCUT2D eigenvalue weighted by Crippen LogP contribution is 2.17. The molecule has 0 amide bonds. The van der Waals surface area contributed by atoms with Gasteiger partial charge in [0.25, 0.3) is 0 Å². The smallest absolute Gasteiger partial charge is 0.191 e. The minimum atomic E-state index is -0.162. The molecule has 8 heteroatoms. The summed E-state index contributed by atoms with van der Waals surface area (Å²) in [5, 5.41) is 6.87. The summed E-state index contributed by atoms with van der Waals surface area (Å²) in [7, 11) is 5.66. The summed E-state index contributed by atoms with van der Waals surface area (Å²) in [5.74, 6) is 1.66. The second kappa shape index (κ2) is 12.0. The van der Waals surface area contributed by atoms with E-state index in [1.807, 2.05) is 49.5 Å². The van der Waals surface area contributed by atoms with Gasteiger partial charge in [-0.25, -0.2) is 9.37 Å². The van der Waals surface area contributed by atoms with Crippen molar-refractivity contribution in [2.24, 2.45) is 4.99 Å². The molecule has 0 spiro atoms. The number of nitrogens with one attached hydrogen (secondary N) is 2. The van der Waals surface area contributed by atoms with Gasteiger partial charge in [0.1, 0.15) is 11.6 Å². The third-order valence-corrected chi connectivity index (χ3v) is 5.09. The largest absolute Gasteiger partial charge is 0.356 e. The van der Waals surface area contributed by atoms with Crippen LogP contribution in [0.1, 0.15) is 24.0 Å². The first-order valence-corrected chi connectivity index (χ1v) is 10.1. The molecular formula is C22H32FIN6. The number of hydrogen-bond donors (Lipinski definition) is 2. The summed E-state index contributed by atoms with van der Waals surface area (Å²) >= 11 is 0. The molecule has 1 aliphatic rings. The van der Waals surface area contributed by atoms with Crippen molar-refractivity contribution in [3.05, 3.63) is 59.5 Å². The van der Waals surface area contributed by atoms with Crippen LogP contribution in [0.3, 0.4) is 0 Å². The third kappa shape index (κ3) is 7.09. The number of guanidine groups is 1. The Morgan fingerprint density at radius 2 is 2.00 bits per heavy atom. The topological polar surface area (TPSA) is 55.8 Å². The standard InChI is InChI=1S/C22H31FN6.HI/c1-24-22(26-15-17-7-8-20(23)18(14-17)16-28(2)3)27-19-9-12-29(13-10-19)21-6-4-5-11-25-21;/h4-8,11,14,19H,9-10,12-13,15-16H2,1-3H3,(H2,24,26,27);1H. The van der Waals surface area contributed by atoms with Gasteiger partial charge in [0.2, 0.25) is 0 Å². The van der Waals surface area contributed by atoms with Crippen LogP contribution in [0.2, 0.25) is 0 Å². The lowest BCUT2D eigenvalue weighted by molar-refractivity contribution is 0.392. The first-order chi connectivity index (χ1) is 14.0. The average Bonchev–Trinajstić information content (AvgIpc) is 2.74. The van der Waals surface area contributed by atoms with Crippen LogP contribution in [0.5, 0.6) is 0 Å². The van der Waals surface area contributed by atoms with Crippen LogP contribution in [-0.4, -0.2) is 56.1 Å². The van der Waals surface area contributed by atoms with E-state index in [4.69, 9.17) is 0 Å². The molecule has 0 unspecified atom stereocenters. The first kappa shape index (κ1) is 24.3. The SMILES string of the molecule is CN=C(NCc1ccc(F)c(CN(C)C)c1)NC1CCN(c2ccccn2)CC1.I. The van der Waals surface area contributed by atoms with Gasteiger partial charge >= 0.3 is 0 Å². The Hall–Kier alpha value is -1.94. The molecule has 1 fully saturated rings. The monoisotopic (exact) mass is 526 g/mol. The number of nitrogens with zero attached hydrogens (tertiary/aromatic N) is 4. The van der Waals surface area contributed by atoms with Crippen molar-refractivity contribution in [1.29, 1.82) is 0 Å². The first-order valence-electron chi connectivity index (χ1n) is 10.1. The summed E-state index contributed by atoms with van der Waals surface area (Å²) in [4.78, 5) is 13.1. The van der Waals surface area contributed by atoms with E-state index in [0.717, 1.165) is 43.3 Å². The number of halogens is 2. The van der Waals surface area contributed by atoms with Crippen LogP contribution in [0.25, 0.3) is 0 Å². The number of benzene rings is 1. The van der Waals surface area contributed by atoms with Crippen LogP contribution in [0.4, 0.5) is 10.2 Å². The average molecular weight is 526 g/mol. The lowest BCUT2D eigenvalue weighted by atomic mass is 10.1. The van der Waals surface area contributed by atoms with E-state index in [9.17, 15) is 4.39 Å². The fraction of sp³-hybridized carbons (Fsp3) is 0.455. The van der Waals surface area contributed by atoms with E-state index >= 15 is 0 Å². The van der Waals surface area contributed by atoms with Crippen molar-refractivity contribution >= 4 is 35.8 Å². The zero-order valence-electron chi connectivity index (χ0n) is 17.9. The number of aliphatic imine (C=N–C) groups is 1. The number of piperidine rings is 1. The Labute approximate surface area is 196 Å². The van der Waals surface area contributed by atoms with Crippen molar-refractivity contribution in [3.8, 4) is 0 Å². The highest BCUT2D eigenvalue weighted by Gasteiger charge is 2.20. The maximum atomic E-state index is 14.0. The molecule has 6 nitrogen and oxygen atoms in total. The van der Waals surface area contributed by atoms with Gasteiger partial charge in [0.15, 0.2) is 5.96 Å². The van der Waals surface area contributed by atoms with Crippen molar-refractivity contribution in [2.45, 2.75) is 32.0 Å². The molecule has 2 N–H and O–H groups in total. The van der Waals surface area contributed by atoms with Crippen LogP contribution < -0.4 is 15.5 Å². The number of pyridine rings is 1. The molecule has 1 saturated heterocycles. The maximum absolute atomic E-state index is 14.0. The molecule has 1 aliphatic heterocycles. The van der Waals surface area contributed by atoms with Gasteiger partial charge in [-0.1, -0.05) is 12.1 Å². The molecule has 30 heavy (non-hydrogen) atoms. The van der Waals surface area contributed by atoms with Crippen molar-refractivity contribution in [1.82, 2.24) is 20.5 Å². The van der Waals surface area contributed by atoms with E-state index in [1.165, 1.54) is 0 Å². The van der Waals surface area contributed by atoms with Gasteiger partial charge in [0, 0.05) is 51.0 Å². The summed E-state index contributed by atoms with van der Waals surface area (Å²) in [6.07, 6.45) is 3.90. The molecule has 0 radical (unpaired) electrons. The molecule has 0 saturated carbocycles. The van der Waals surface area contributed by atoms with Gasteiger partial charge in [-0.05, 0) is 56.8 Å². The summed E-state index contributed by atoms with van der Waals surface area (Å²) in [6, 6.07) is 11.7. The fourth-order valence-corrected chi connectivity index (χ4v) is 3.57. The minimum Gasteiger partial charge on any atom is -0.356 e. The van der Waals surface area contributed by atoms with Gasteiger partial charge in [-0.15, -0.1) is 24.0 Å². The quantitative estimate of drug-likeness (QED) is 0.344. The second-order valence-corrected chi connectivity index (χ2v) is 7.68. The molecule has 0 atom stereocenters. The third-order valence-electron chi connectivity index (χ3n) is 5.09. The summed E-state index contributed by atoms with van der Waals surface area (Å²) < 4.78 is 14.0. The lowest BCUT2D eigenvalue weighted by Crippen LogP contribution is -2.48. The molecular weight excluding hydrogens is 494 g/mol. The fourth-order valence-electron chi connectivity index (χ4n) is 3.57. The predicted molar refractivity (Wildman–Crippen MR) is 132 cm³/mol. The van der Waals surface area contributed by atoms with E-state index in [1.54, 1.807) is 13.1 Å². The van der Waals surface area contributed by atoms with Crippen LogP contribution in [0, 0.1) is 5.82 Å².